The zero-order valence-corrected chi connectivity index (χ0v) is 10.9. The van der Waals surface area contributed by atoms with Gasteiger partial charge in [0, 0.05) is 18.7 Å². The number of aromatic nitrogens is 1. The van der Waals surface area contributed by atoms with E-state index < -0.39 is 0 Å². The molecule has 100 valence electrons. The Bertz CT molecular complexity index is 571. The van der Waals surface area contributed by atoms with Crippen molar-refractivity contribution in [2.45, 2.75) is 6.42 Å². The smallest absolute Gasteiger partial charge is 0.263 e. The van der Waals surface area contributed by atoms with E-state index in [0.29, 0.717) is 28.4 Å². The van der Waals surface area contributed by atoms with Gasteiger partial charge in [-0.1, -0.05) is 12.1 Å². The van der Waals surface area contributed by atoms with Crippen molar-refractivity contribution in [2.24, 2.45) is 0 Å². The highest BCUT2D eigenvalue weighted by Gasteiger charge is 2.13. The molecule has 6 heteroatoms. The van der Waals surface area contributed by atoms with E-state index in [0.717, 1.165) is 11.3 Å². The number of thiazole rings is 1. The zero-order chi connectivity index (χ0) is 13.7. The van der Waals surface area contributed by atoms with Crippen molar-refractivity contribution in [3.05, 3.63) is 41.2 Å². The van der Waals surface area contributed by atoms with Gasteiger partial charge in [0.1, 0.15) is 15.7 Å². The number of halogens is 1. The fraction of sp³-hybridized carbons (Fsp3) is 0.231. The molecule has 1 aromatic carbocycles. The molecular formula is C13H13FN2O2S. The van der Waals surface area contributed by atoms with Gasteiger partial charge in [-0.2, -0.15) is 0 Å². The third-order valence-corrected chi connectivity index (χ3v) is 3.48. The van der Waals surface area contributed by atoms with Crippen LogP contribution in [0.1, 0.15) is 16.1 Å². The molecule has 0 saturated carbocycles. The van der Waals surface area contributed by atoms with E-state index in [4.69, 9.17) is 5.11 Å². The van der Waals surface area contributed by atoms with Crippen LogP contribution in [0.3, 0.4) is 0 Å². The molecule has 4 nitrogen and oxygen atoms in total. The first-order valence-corrected chi connectivity index (χ1v) is 6.64. The maximum absolute atomic E-state index is 13.6. The monoisotopic (exact) mass is 280 g/mol. The Hall–Kier alpha value is -1.79. The second-order valence-corrected chi connectivity index (χ2v) is 4.87. The van der Waals surface area contributed by atoms with Crippen molar-refractivity contribution in [3.63, 3.8) is 0 Å². The van der Waals surface area contributed by atoms with Gasteiger partial charge in [-0.25, -0.2) is 9.37 Å². The van der Waals surface area contributed by atoms with Crippen LogP contribution < -0.4 is 5.32 Å². The normalized spacial score (nSPS) is 10.4. The number of benzene rings is 1. The summed E-state index contributed by atoms with van der Waals surface area (Å²) in [5, 5.41) is 11.8. The quantitative estimate of drug-likeness (QED) is 0.824. The molecule has 2 N–H and O–H groups in total. The summed E-state index contributed by atoms with van der Waals surface area (Å²) >= 11 is 1.14. The van der Waals surface area contributed by atoms with Gasteiger partial charge in [0.15, 0.2) is 0 Å². The lowest BCUT2D eigenvalue weighted by molar-refractivity contribution is 0.0955. The summed E-state index contributed by atoms with van der Waals surface area (Å²) in [4.78, 5) is 16.2. The molecule has 0 radical (unpaired) electrons. The van der Waals surface area contributed by atoms with Gasteiger partial charge in [-0.05, 0) is 18.6 Å². The molecule has 0 aliphatic heterocycles. The number of aliphatic hydroxyl groups is 1. The van der Waals surface area contributed by atoms with E-state index in [1.807, 2.05) is 0 Å². The first-order valence-electron chi connectivity index (χ1n) is 5.82. The molecule has 0 saturated heterocycles. The van der Waals surface area contributed by atoms with Crippen molar-refractivity contribution in [2.75, 3.05) is 13.2 Å². The van der Waals surface area contributed by atoms with Gasteiger partial charge >= 0.3 is 0 Å². The predicted molar refractivity (Wildman–Crippen MR) is 71.5 cm³/mol. The number of rotatable bonds is 5. The van der Waals surface area contributed by atoms with Crippen LogP contribution in [0.25, 0.3) is 10.6 Å². The SMILES string of the molecule is O=C(NCCCO)c1cnc(-c2ccccc2F)s1. The molecule has 19 heavy (non-hydrogen) atoms. The number of hydrogen-bond acceptors (Lipinski definition) is 4. The zero-order valence-electron chi connectivity index (χ0n) is 10.1. The molecule has 1 amide bonds. The second-order valence-electron chi connectivity index (χ2n) is 3.84. The fourth-order valence-corrected chi connectivity index (χ4v) is 2.37. The van der Waals surface area contributed by atoms with Crippen LogP contribution in [0.5, 0.6) is 0 Å². The van der Waals surface area contributed by atoms with Crippen molar-refractivity contribution in [3.8, 4) is 10.6 Å². The lowest BCUT2D eigenvalue weighted by Crippen LogP contribution is -2.24. The van der Waals surface area contributed by atoms with Crippen molar-refractivity contribution < 1.29 is 14.3 Å². The van der Waals surface area contributed by atoms with Gasteiger partial charge in [-0.15, -0.1) is 11.3 Å². The van der Waals surface area contributed by atoms with E-state index in [9.17, 15) is 9.18 Å². The molecule has 2 aromatic rings. The number of amides is 1. The molecule has 0 aliphatic rings. The van der Waals surface area contributed by atoms with Crippen molar-refractivity contribution >= 4 is 17.2 Å². The van der Waals surface area contributed by atoms with E-state index in [2.05, 4.69) is 10.3 Å². The predicted octanol–water partition coefficient (Wildman–Crippen LogP) is 2.06. The summed E-state index contributed by atoms with van der Waals surface area (Å²) in [5.41, 5.74) is 0.391. The summed E-state index contributed by atoms with van der Waals surface area (Å²) in [6.45, 7) is 0.436. The third kappa shape index (κ3) is 3.36. The molecule has 0 spiro atoms. The molecule has 1 aromatic heterocycles. The van der Waals surface area contributed by atoms with Crippen LogP contribution in [0.2, 0.25) is 0 Å². The number of nitrogens with zero attached hydrogens (tertiary/aromatic N) is 1. The summed E-state index contributed by atoms with van der Waals surface area (Å²) in [5.74, 6) is -0.613. The number of carbonyl (C=O) groups excluding carboxylic acids is 1. The highest BCUT2D eigenvalue weighted by molar-refractivity contribution is 7.16. The molecule has 0 atom stereocenters. The number of carbonyl (C=O) groups is 1. The molecule has 0 aliphatic carbocycles. The van der Waals surface area contributed by atoms with E-state index in [-0.39, 0.29) is 18.3 Å². The minimum atomic E-state index is -0.357. The van der Waals surface area contributed by atoms with Crippen LogP contribution in [0.15, 0.2) is 30.5 Å². The molecular weight excluding hydrogens is 267 g/mol. The first-order chi connectivity index (χ1) is 9.22. The lowest BCUT2D eigenvalue weighted by Gasteiger charge is -2.00. The standard InChI is InChI=1S/C13H13FN2O2S/c14-10-5-2-1-4-9(10)13-16-8-11(19-13)12(18)15-6-3-7-17/h1-2,4-5,8,17H,3,6-7H2,(H,15,18). The topological polar surface area (TPSA) is 62.2 Å². The second kappa shape index (κ2) is 6.40. The first kappa shape index (κ1) is 13.6. The van der Waals surface area contributed by atoms with Crippen molar-refractivity contribution in [1.82, 2.24) is 10.3 Å². The number of hydrogen-bond donors (Lipinski definition) is 2. The van der Waals surface area contributed by atoms with Crippen LogP contribution >= 0.6 is 11.3 Å². The van der Waals surface area contributed by atoms with Crippen LogP contribution in [-0.2, 0) is 0 Å². The molecule has 0 fully saturated rings. The van der Waals surface area contributed by atoms with E-state index in [1.54, 1.807) is 18.2 Å². The summed E-state index contributed by atoms with van der Waals surface area (Å²) < 4.78 is 13.6. The van der Waals surface area contributed by atoms with Crippen LogP contribution in [-0.4, -0.2) is 29.1 Å². The minimum Gasteiger partial charge on any atom is -0.396 e. The van der Waals surface area contributed by atoms with Gasteiger partial charge in [-0.3, -0.25) is 4.79 Å². The van der Waals surface area contributed by atoms with Crippen LogP contribution in [0, 0.1) is 5.82 Å². The van der Waals surface area contributed by atoms with Gasteiger partial charge in [0.25, 0.3) is 5.91 Å². The molecule has 0 unspecified atom stereocenters. The average molecular weight is 280 g/mol. The average Bonchev–Trinajstić information content (AvgIpc) is 2.89. The Balaban J connectivity index is 2.11. The van der Waals surface area contributed by atoms with E-state index in [1.165, 1.54) is 12.3 Å². The van der Waals surface area contributed by atoms with Gasteiger partial charge in [0.05, 0.1) is 6.20 Å². The highest BCUT2D eigenvalue weighted by Crippen LogP contribution is 2.27. The Morgan fingerprint density at radius 1 is 1.42 bits per heavy atom. The van der Waals surface area contributed by atoms with Gasteiger partial charge in [0.2, 0.25) is 0 Å². The van der Waals surface area contributed by atoms with Crippen LogP contribution in [0.4, 0.5) is 4.39 Å². The summed E-state index contributed by atoms with van der Waals surface area (Å²) in [6, 6.07) is 6.31. The minimum absolute atomic E-state index is 0.0312. The molecule has 1 heterocycles. The Morgan fingerprint density at radius 2 is 2.21 bits per heavy atom. The fourth-order valence-electron chi connectivity index (χ4n) is 1.51. The summed E-state index contributed by atoms with van der Waals surface area (Å²) in [6.07, 6.45) is 1.94. The van der Waals surface area contributed by atoms with Gasteiger partial charge < -0.3 is 10.4 Å². The molecule has 2 rings (SSSR count). The maximum Gasteiger partial charge on any atom is 0.263 e. The number of nitrogens with one attached hydrogen (secondary N) is 1. The Labute approximate surface area is 113 Å². The third-order valence-electron chi connectivity index (χ3n) is 2.45. The lowest BCUT2D eigenvalue weighted by atomic mass is 10.2. The Morgan fingerprint density at radius 3 is 2.95 bits per heavy atom. The maximum atomic E-state index is 13.6. The largest absolute Gasteiger partial charge is 0.396 e. The molecule has 0 bridgehead atoms. The summed E-state index contributed by atoms with van der Waals surface area (Å²) in [7, 11) is 0. The number of aliphatic hydroxyl groups excluding tert-OH is 1. The van der Waals surface area contributed by atoms with E-state index >= 15 is 0 Å². The Kier molecular flexibility index (Phi) is 4.59. The highest BCUT2D eigenvalue weighted by atomic mass is 32.1. The van der Waals surface area contributed by atoms with Crippen molar-refractivity contribution in [1.29, 1.82) is 0 Å².